The van der Waals surface area contributed by atoms with Gasteiger partial charge < -0.3 is 15.7 Å². The second kappa shape index (κ2) is 11.2. The molecule has 10 heteroatoms. The van der Waals surface area contributed by atoms with Gasteiger partial charge in [0.15, 0.2) is 0 Å². The number of nitriles is 1. The van der Waals surface area contributed by atoms with Crippen molar-refractivity contribution < 1.29 is 23.5 Å². The molecule has 0 bridgehead atoms. The van der Waals surface area contributed by atoms with Crippen LogP contribution in [0, 0.1) is 28.4 Å². The average molecular weight is 586 g/mol. The Morgan fingerprint density at radius 3 is 2.42 bits per heavy atom. The van der Waals surface area contributed by atoms with Gasteiger partial charge in [0.2, 0.25) is 5.91 Å². The number of amides is 1. The minimum absolute atomic E-state index is 0.0336. The molecule has 1 fully saturated rings. The van der Waals surface area contributed by atoms with E-state index in [1.807, 2.05) is 20.8 Å². The molecule has 3 aromatic carbocycles. The van der Waals surface area contributed by atoms with Crippen molar-refractivity contribution in [3.63, 3.8) is 0 Å². The predicted octanol–water partition coefficient (Wildman–Crippen LogP) is 6.93. The van der Waals surface area contributed by atoms with Crippen molar-refractivity contribution >= 4 is 40.8 Å². The van der Waals surface area contributed by atoms with E-state index in [0.29, 0.717) is 6.42 Å². The van der Waals surface area contributed by atoms with Crippen molar-refractivity contribution in [2.24, 2.45) is 5.41 Å². The lowest BCUT2D eigenvalue weighted by molar-refractivity contribution is -0.118. The fraction of sp³-hybridized carbons (Fsp3) is 0.300. The molecule has 0 aliphatic carbocycles. The standard InChI is InChI=1S/C30H27Cl2F2N3O3/c1-29(2,3)14-23-30(15-35,20-11-10-17(31)13-22(20)33)24(19-8-5-9-21(32)25(19)34)26(37-23)27(38)36-18-7-4-6-16(12-18)28(39)40/h4-13,23-24,26,37H,14H2,1-3H3,(H,36,38)(H,39,40)/t23-,24?,26+,30-/m0/s1. The van der Waals surface area contributed by atoms with Crippen molar-refractivity contribution in [2.45, 2.75) is 50.6 Å². The topological polar surface area (TPSA) is 102 Å². The summed E-state index contributed by atoms with van der Waals surface area (Å²) in [5.41, 5.74) is -2.08. The fourth-order valence-corrected chi connectivity index (χ4v) is 5.85. The van der Waals surface area contributed by atoms with Crippen LogP contribution in [0.4, 0.5) is 14.5 Å². The summed E-state index contributed by atoms with van der Waals surface area (Å²) in [5, 5.41) is 26.0. The van der Waals surface area contributed by atoms with E-state index in [4.69, 9.17) is 23.2 Å². The number of nitrogens with one attached hydrogen (secondary N) is 2. The molecule has 1 amide bonds. The van der Waals surface area contributed by atoms with Gasteiger partial charge in [0.1, 0.15) is 17.0 Å². The molecule has 0 radical (unpaired) electrons. The molecule has 4 atom stereocenters. The highest BCUT2D eigenvalue weighted by atomic mass is 35.5. The molecule has 4 rings (SSSR count). The zero-order valence-corrected chi connectivity index (χ0v) is 23.4. The summed E-state index contributed by atoms with van der Waals surface area (Å²) in [5.74, 6) is -4.66. The minimum atomic E-state index is -1.77. The molecular formula is C30H27Cl2F2N3O3. The van der Waals surface area contributed by atoms with Crippen molar-refractivity contribution in [2.75, 3.05) is 5.32 Å². The molecule has 0 saturated carbocycles. The maximum Gasteiger partial charge on any atom is 0.335 e. The quantitative estimate of drug-likeness (QED) is 0.291. The van der Waals surface area contributed by atoms with E-state index >= 15 is 8.78 Å². The molecule has 3 aromatic rings. The number of rotatable bonds is 6. The Bertz CT molecular complexity index is 1520. The molecule has 3 N–H and O–H groups in total. The zero-order valence-electron chi connectivity index (χ0n) is 21.9. The molecule has 6 nitrogen and oxygen atoms in total. The number of carbonyl (C=O) groups is 2. The molecule has 0 aromatic heterocycles. The van der Waals surface area contributed by atoms with Crippen LogP contribution in [0.15, 0.2) is 60.7 Å². The summed E-state index contributed by atoms with van der Waals surface area (Å²) < 4.78 is 31.4. The summed E-state index contributed by atoms with van der Waals surface area (Å²) >= 11 is 12.2. The number of hydrogen-bond donors (Lipinski definition) is 3. The Morgan fingerprint density at radius 2 is 1.80 bits per heavy atom. The summed E-state index contributed by atoms with van der Waals surface area (Å²) in [7, 11) is 0. The molecule has 1 unspecified atom stereocenters. The van der Waals surface area contributed by atoms with Crippen LogP contribution in [0.25, 0.3) is 0 Å². The molecular weight excluding hydrogens is 559 g/mol. The third kappa shape index (κ3) is 5.55. The van der Waals surface area contributed by atoms with E-state index in [1.54, 1.807) is 0 Å². The Morgan fingerprint density at radius 1 is 1.10 bits per heavy atom. The van der Waals surface area contributed by atoms with Crippen LogP contribution in [-0.4, -0.2) is 29.1 Å². The second-order valence-electron chi connectivity index (χ2n) is 11.1. The molecule has 1 aliphatic heterocycles. The predicted molar refractivity (Wildman–Crippen MR) is 150 cm³/mol. The van der Waals surface area contributed by atoms with Gasteiger partial charge in [0.25, 0.3) is 0 Å². The van der Waals surface area contributed by atoms with Crippen molar-refractivity contribution in [1.29, 1.82) is 5.26 Å². The van der Waals surface area contributed by atoms with Gasteiger partial charge in [-0.1, -0.05) is 68.2 Å². The molecule has 0 spiro atoms. The number of nitrogens with zero attached hydrogens (tertiary/aromatic N) is 1. The van der Waals surface area contributed by atoms with Gasteiger partial charge in [-0.3, -0.25) is 4.79 Å². The molecule has 208 valence electrons. The number of halogens is 4. The van der Waals surface area contributed by atoms with E-state index in [-0.39, 0.29) is 37.8 Å². The number of carboxylic acids is 1. The number of carbonyl (C=O) groups excluding carboxylic acids is 1. The van der Waals surface area contributed by atoms with E-state index in [1.165, 1.54) is 54.6 Å². The Kier molecular flexibility index (Phi) is 8.23. The van der Waals surface area contributed by atoms with Gasteiger partial charge in [-0.05, 0) is 53.8 Å². The van der Waals surface area contributed by atoms with E-state index in [0.717, 1.165) is 6.07 Å². The van der Waals surface area contributed by atoms with Gasteiger partial charge in [-0.15, -0.1) is 0 Å². The third-order valence-corrected chi connectivity index (χ3v) is 7.64. The van der Waals surface area contributed by atoms with Gasteiger partial charge in [-0.2, -0.15) is 5.26 Å². The summed E-state index contributed by atoms with van der Waals surface area (Å²) in [6.07, 6.45) is 0.319. The fourth-order valence-electron chi connectivity index (χ4n) is 5.51. The lowest BCUT2D eigenvalue weighted by Gasteiger charge is -2.37. The minimum Gasteiger partial charge on any atom is -0.478 e. The first-order valence-corrected chi connectivity index (χ1v) is 13.2. The smallest absolute Gasteiger partial charge is 0.335 e. The zero-order chi connectivity index (χ0) is 29.4. The second-order valence-corrected chi connectivity index (χ2v) is 11.9. The van der Waals surface area contributed by atoms with E-state index in [9.17, 15) is 20.0 Å². The van der Waals surface area contributed by atoms with Crippen LogP contribution >= 0.6 is 23.2 Å². The highest BCUT2D eigenvalue weighted by Gasteiger charge is 2.61. The maximum absolute atomic E-state index is 15.7. The van der Waals surface area contributed by atoms with E-state index < -0.39 is 46.9 Å². The summed E-state index contributed by atoms with van der Waals surface area (Å²) in [6, 6.07) is 14.1. The lowest BCUT2D eigenvalue weighted by atomic mass is 9.62. The highest BCUT2D eigenvalue weighted by molar-refractivity contribution is 6.31. The lowest BCUT2D eigenvalue weighted by Crippen LogP contribution is -2.45. The Hall–Kier alpha value is -3.51. The van der Waals surface area contributed by atoms with Gasteiger partial charge in [-0.25, -0.2) is 13.6 Å². The summed E-state index contributed by atoms with van der Waals surface area (Å²) in [4.78, 5) is 25.3. The van der Waals surface area contributed by atoms with Crippen LogP contribution in [0.3, 0.4) is 0 Å². The SMILES string of the molecule is CC(C)(C)C[C@@H]1N[C@@H](C(=O)Nc2cccc(C(=O)O)c2)C(c2cccc(Cl)c2F)[C@@]1(C#N)c1ccc(Cl)cc1F. The van der Waals surface area contributed by atoms with Gasteiger partial charge in [0, 0.05) is 28.2 Å². The first-order chi connectivity index (χ1) is 18.8. The van der Waals surface area contributed by atoms with E-state index in [2.05, 4.69) is 16.7 Å². The van der Waals surface area contributed by atoms with Crippen LogP contribution < -0.4 is 10.6 Å². The third-order valence-electron chi connectivity index (χ3n) is 7.11. The number of carboxylic acid groups (broad SMARTS) is 1. The van der Waals surface area contributed by atoms with Crippen molar-refractivity contribution in [3.05, 3.63) is 99.0 Å². The number of aromatic carboxylic acids is 1. The maximum atomic E-state index is 15.7. The van der Waals surface area contributed by atoms with Gasteiger partial charge in [0.05, 0.1) is 22.7 Å². The van der Waals surface area contributed by atoms with Crippen LogP contribution in [-0.2, 0) is 10.2 Å². The Labute approximate surface area is 240 Å². The van der Waals surface area contributed by atoms with Gasteiger partial charge >= 0.3 is 5.97 Å². The first kappa shape index (κ1) is 29.5. The van der Waals surface area contributed by atoms with Crippen molar-refractivity contribution in [1.82, 2.24) is 5.32 Å². The average Bonchev–Trinajstić information content (AvgIpc) is 3.18. The largest absolute Gasteiger partial charge is 0.478 e. The Balaban J connectivity index is 1.95. The molecule has 40 heavy (non-hydrogen) atoms. The monoisotopic (exact) mass is 585 g/mol. The number of anilines is 1. The van der Waals surface area contributed by atoms with Crippen molar-refractivity contribution in [3.8, 4) is 6.07 Å². The summed E-state index contributed by atoms with van der Waals surface area (Å²) in [6.45, 7) is 5.82. The normalized spacial score (nSPS) is 22.5. The molecule has 1 aliphatic rings. The van der Waals surface area contributed by atoms with Crippen LogP contribution in [0.1, 0.15) is 54.6 Å². The highest BCUT2D eigenvalue weighted by Crippen LogP contribution is 2.52. The van der Waals surface area contributed by atoms with Crippen LogP contribution in [0.2, 0.25) is 10.0 Å². The molecule has 1 saturated heterocycles. The first-order valence-electron chi connectivity index (χ1n) is 12.5. The van der Waals surface area contributed by atoms with Crippen LogP contribution in [0.5, 0.6) is 0 Å². The molecule has 1 heterocycles. The number of benzene rings is 3. The number of hydrogen-bond acceptors (Lipinski definition) is 4.